The van der Waals surface area contributed by atoms with Crippen LogP contribution in [0.1, 0.15) is 37.9 Å². The summed E-state index contributed by atoms with van der Waals surface area (Å²) in [5, 5.41) is 2.02. The lowest BCUT2D eigenvalue weighted by molar-refractivity contribution is 0.0536. The Kier molecular flexibility index (Phi) is 5.50. The molecule has 1 saturated heterocycles. The summed E-state index contributed by atoms with van der Waals surface area (Å²) in [6.45, 7) is 6.69. The minimum absolute atomic E-state index is 0.0195. The molecule has 168 valence electrons. The van der Waals surface area contributed by atoms with Crippen molar-refractivity contribution in [3.8, 4) is 0 Å². The van der Waals surface area contributed by atoms with Crippen LogP contribution in [0, 0.1) is 13.8 Å². The highest BCUT2D eigenvalue weighted by Crippen LogP contribution is 2.23. The van der Waals surface area contributed by atoms with Crippen molar-refractivity contribution >= 4 is 22.6 Å². The molecule has 0 N–H and O–H groups in total. The molecule has 1 fully saturated rings. The first kappa shape index (κ1) is 21.1. The molecule has 5 rings (SSSR count). The van der Waals surface area contributed by atoms with Gasteiger partial charge in [0.1, 0.15) is 5.76 Å². The van der Waals surface area contributed by atoms with Gasteiger partial charge in [0.05, 0.1) is 18.4 Å². The second-order valence-corrected chi connectivity index (χ2v) is 8.56. The van der Waals surface area contributed by atoms with Gasteiger partial charge in [-0.3, -0.25) is 9.59 Å². The summed E-state index contributed by atoms with van der Waals surface area (Å²) in [4.78, 5) is 30.2. The monoisotopic (exact) mass is 441 g/mol. The van der Waals surface area contributed by atoms with Crippen molar-refractivity contribution in [3.05, 3.63) is 95.2 Å². The van der Waals surface area contributed by atoms with Crippen LogP contribution in [0.5, 0.6) is 0 Å². The molecule has 0 atom stereocenters. The lowest BCUT2D eigenvalue weighted by Crippen LogP contribution is -2.50. The van der Waals surface area contributed by atoms with E-state index in [9.17, 15) is 9.59 Å². The van der Waals surface area contributed by atoms with Crippen LogP contribution in [0.4, 0.5) is 0 Å². The van der Waals surface area contributed by atoms with Crippen molar-refractivity contribution in [3.63, 3.8) is 0 Å². The smallest absolute Gasteiger partial charge is 0.255 e. The lowest BCUT2D eigenvalue weighted by Gasteiger charge is -2.35. The number of piperazine rings is 1. The minimum Gasteiger partial charge on any atom is -0.467 e. The maximum atomic E-state index is 13.3. The number of amides is 2. The Labute approximate surface area is 193 Å². The van der Waals surface area contributed by atoms with Gasteiger partial charge < -0.3 is 18.8 Å². The Hall–Kier alpha value is -3.80. The summed E-state index contributed by atoms with van der Waals surface area (Å²) in [7, 11) is 0. The lowest BCUT2D eigenvalue weighted by atomic mass is 10.0. The summed E-state index contributed by atoms with van der Waals surface area (Å²) in [5.41, 5.74) is 3.39. The zero-order valence-electron chi connectivity index (χ0n) is 19.0. The largest absolute Gasteiger partial charge is 0.467 e. The summed E-state index contributed by atoms with van der Waals surface area (Å²) in [6.07, 6.45) is 1.66. The van der Waals surface area contributed by atoms with Gasteiger partial charge in [-0.25, -0.2) is 0 Å². The fourth-order valence-corrected chi connectivity index (χ4v) is 4.68. The van der Waals surface area contributed by atoms with Crippen LogP contribution in [0.2, 0.25) is 0 Å². The molecule has 3 heterocycles. The van der Waals surface area contributed by atoms with E-state index in [1.807, 2.05) is 84.3 Å². The quantitative estimate of drug-likeness (QED) is 0.469. The molecule has 33 heavy (non-hydrogen) atoms. The number of hydrogen-bond donors (Lipinski definition) is 0. The van der Waals surface area contributed by atoms with E-state index in [1.165, 1.54) is 0 Å². The van der Waals surface area contributed by atoms with Crippen LogP contribution in [0.3, 0.4) is 0 Å². The number of aromatic nitrogens is 1. The standard InChI is InChI=1S/C27H27N3O3/c1-19-17-25(20(2)30(19)18-22-9-6-16-33-22)27(32)29-14-12-28(13-15-29)26(31)24-11-5-8-21-7-3-4-10-23(21)24/h3-11,16-17H,12-15,18H2,1-2H3. The van der Waals surface area contributed by atoms with Crippen LogP contribution in [-0.2, 0) is 6.54 Å². The second-order valence-electron chi connectivity index (χ2n) is 8.56. The van der Waals surface area contributed by atoms with E-state index >= 15 is 0 Å². The van der Waals surface area contributed by atoms with E-state index in [0.717, 1.165) is 27.9 Å². The van der Waals surface area contributed by atoms with Crippen LogP contribution >= 0.6 is 0 Å². The molecule has 2 amide bonds. The van der Waals surface area contributed by atoms with Crippen molar-refractivity contribution in [2.45, 2.75) is 20.4 Å². The molecule has 0 spiro atoms. The molecule has 4 aromatic rings. The average molecular weight is 442 g/mol. The Morgan fingerprint density at radius 3 is 2.18 bits per heavy atom. The van der Waals surface area contributed by atoms with E-state index in [1.54, 1.807) is 6.26 Å². The SMILES string of the molecule is Cc1cc(C(=O)N2CCN(C(=O)c3cccc4ccccc34)CC2)c(C)n1Cc1ccco1. The molecule has 0 aliphatic carbocycles. The molecule has 0 unspecified atom stereocenters. The second kappa shape index (κ2) is 8.62. The molecule has 0 saturated carbocycles. The zero-order chi connectivity index (χ0) is 22.9. The minimum atomic E-state index is 0.0195. The van der Waals surface area contributed by atoms with Crippen LogP contribution in [-0.4, -0.2) is 52.4 Å². The predicted molar refractivity (Wildman–Crippen MR) is 127 cm³/mol. The Balaban J connectivity index is 1.28. The third-order valence-corrected chi connectivity index (χ3v) is 6.57. The van der Waals surface area contributed by atoms with Crippen molar-refractivity contribution in [1.82, 2.24) is 14.4 Å². The highest BCUT2D eigenvalue weighted by molar-refractivity contribution is 6.07. The third-order valence-electron chi connectivity index (χ3n) is 6.57. The normalized spacial score (nSPS) is 14.1. The number of nitrogens with zero attached hydrogens (tertiary/aromatic N) is 3. The highest BCUT2D eigenvalue weighted by atomic mass is 16.3. The van der Waals surface area contributed by atoms with Crippen molar-refractivity contribution in [1.29, 1.82) is 0 Å². The topological polar surface area (TPSA) is 58.7 Å². The van der Waals surface area contributed by atoms with Gasteiger partial charge in [0, 0.05) is 43.1 Å². The maximum absolute atomic E-state index is 13.3. The number of rotatable bonds is 4. The predicted octanol–water partition coefficient (Wildman–Crippen LogP) is 4.50. The van der Waals surface area contributed by atoms with Gasteiger partial charge in [0.25, 0.3) is 11.8 Å². The first-order chi connectivity index (χ1) is 16.0. The Morgan fingerprint density at radius 2 is 1.48 bits per heavy atom. The molecule has 2 aromatic heterocycles. The maximum Gasteiger partial charge on any atom is 0.255 e. The van der Waals surface area contributed by atoms with Crippen molar-refractivity contribution in [2.24, 2.45) is 0 Å². The molecule has 0 bridgehead atoms. The first-order valence-electron chi connectivity index (χ1n) is 11.3. The van der Waals surface area contributed by atoms with Gasteiger partial charge in [-0.2, -0.15) is 0 Å². The number of aryl methyl sites for hydroxylation is 1. The van der Waals surface area contributed by atoms with Gasteiger partial charge >= 0.3 is 0 Å². The van der Waals surface area contributed by atoms with Crippen molar-refractivity contribution < 1.29 is 14.0 Å². The fourth-order valence-electron chi connectivity index (χ4n) is 4.68. The van der Waals surface area contributed by atoms with Crippen LogP contribution < -0.4 is 0 Å². The van der Waals surface area contributed by atoms with Gasteiger partial charge in [-0.05, 0) is 48.9 Å². The van der Waals surface area contributed by atoms with Crippen LogP contribution in [0.15, 0.2) is 71.3 Å². The Bertz CT molecular complexity index is 1310. The molecule has 6 heteroatoms. The number of fused-ring (bicyclic) bond motifs is 1. The summed E-state index contributed by atoms with van der Waals surface area (Å²) >= 11 is 0. The number of benzene rings is 2. The number of hydrogen-bond acceptors (Lipinski definition) is 3. The first-order valence-corrected chi connectivity index (χ1v) is 11.3. The molecular weight excluding hydrogens is 414 g/mol. The van der Waals surface area contributed by atoms with Gasteiger partial charge in [-0.1, -0.05) is 36.4 Å². The molecule has 2 aromatic carbocycles. The van der Waals surface area contributed by atoms with E-state index < -0.39 is 0 Å². The highest BCUT2D eigenvalue weighted by Gasteiger charge is 2.28. The van der Waals surface area contributed by atoms with E-state index in [4.69, 9.17) is 4.42 Å². The summed E-state index contributed by atoms with van der Waals surface area (Å²) < 4.78 is 7.58. The number of carbonyl (C=O) groups excluding carboxylic acids is 2. The summed E-state index contributed by atoms with van der Waals surface area (Å²) in [6, 6.07) is 19.5. The van der Waals surface area contributed by atoms with Crippen molar-refractivity contribution in [2.75, 3.05) is 26.2 Å². The van der Waals surface area contributed by atoms with E-state index in [2.05, 4.69) is 4.57 Å². The average Bonchev–Trinajstić information content (AvgIpc) is 3.47. The number of carbonyl (C=O) groups is 2. The fraction of sp³-hybridized carbons (Fsp3) is 0.259. The summed E-state index contributed by atoms with van der Waals surface area (Å²) in [5.74, 6) is 0.901. The molecule has 0 radical (unpaired) electrons. The molecule has 6 nitrogen and oxygen atoms in total. The molecule has 1 aliphatic rings. The van der Waals surface area contributed by atoms with Gasteiger partial charge in [0.2, 0.25) is 0 Å². The third kappa shape index (κ3) is 3.93. The Morgan fingerprint density at radius 1 is 0.818 bits per heavy atom. The van der Waals surface area contributed by atoms with Crippen LogP contribution in [0.25, 0.3) is 10.8 Å². The zero-order valence-corrected chi connectivity index (χ0v) is 19.0. The number of furan rings is 1. The van der Waals surface area contributed by atoms with Gasteiger partial charge in [0.15, 0.2) is 0 Å². The van der Waals surface area contributed by atoms with E-state index in [0.29, 0.717) is 43.9 Å². The van der Waals surface area contributed by atoms with Gasteiger partial charge in [-0.15, -0.1) is 0 Å². The van der Waals surface area contributed by atoms with E-state index in [-0.39, 0.29) is 11.8 Å². The molecule has 1 aliphatic heterocycles. The molecular formula is C27H27N3O3.